The van der Waals surface area contributed by atoms with Crippen LogP contribution in [0.5, 0.6) is 23.0 Å². The van der Waals surface area contributed by atoms with Crippen LogP contribution in [0.4, 0.5) is 0 Å². The zero-order valence-corrected chi connectivity index (χ0v) is 13.7. The molecular weight excluding hydrogens is 296 g/mol. The largest absolute Gasteiger partial charge is 0.493 e. The van der Waals surface area contributed by atoms with Crippen LogP contribution in [0.3, 0.4) is 0 Å². The number of benzene rings is 2. The van der Waals surface area contributed by atoms with Crippen molar-refractivity contribution in [3.05, 3.63) is 47.5 Å². The maximum atomic E-state index is 11.4. The van der Waals surface area contributed by atoms with Crippen LogP contribution in [0, 0.1) is 0 Å². The Labute approximate surface area is 135 Å². The van der Waals surface area contributed by atoms with E-state index >= 15 is 0 Å². The highest BCUT2D eigenvalue weighted by Gasteiger charge is 2.10. The van der Waals surface area contributed by atoms with Crippen molar-refractivity contribution in [1.82, 2.24) is 0 Å². The molecule has 2 aromatic rings. The SMILES string of the molecule is COc1ccc(COc2ccc(C(C)=O)cc2OC)cc1OC. The van der Waals surface area contributed by atoms with Crippen molar-refractivity contribution in [1.29, 1.82) is 0 Å². The summed E-state index contributed by atoms with van der Waals surface area (Å²) in [6, 6.07) is 10.7. The van der Waals surface area contributed by atoms with Crippen LogP contribution < -0.4 is 18.9 Å². The minimum absolute atomic E-state index is 0.0188. The molecule has 0 spiro atoms. The van der Waals surface area contributed by atoms with Gasteiger partial charge in [-0.25, -0.2) is 0 Å². The van der Waals surface area contributed by atoms with Crippen molar-refractivity contribution in [3.8, 4) is 23.0 Å². The van der Waals surface area contributed by atoms with Gasteiger partial charge in [-0.3, -0.25) is 4.79 Å². The molecule has 0 N–H and O–H groups in total. The fourth-order valence-electron chi connectivity index (χ4n) is 2.14. The molecule has 0 fully saturated rings. The van der Waals surface area contributed by atoms with Gasteiger partial charge in [-0.15, -0.1) is 0 Å². The van der Waals surface area contributed by atoms with Gasteiger partial charge in [0.15, 0.2) is 28.8 Å². The fraction of sp³-hybridized carbons (Fsp3) is 0.278. The van der Waals surface area contributed by atoms with E-state index in [0.717, 1.165) is 5.56 Å². The number of carbonyl (C=O) groups is 1. The van der Waals surface area contributed by atoms with Gasteiger partial charge in [0.25, 0.3) is 0 Å². The second-order valence-electron chi connectivity index (χ2n) is 4.90. The van der Waals surface area contributed by atoms with E-state index in [1.54, 1.807) is 39.5 Å². The predicted molar refractivity (Wildman–Crippen MR) is 86.9 cm³/mol. The minimum atomic E-state index is -0.0188. The predicted octanol–water partition coefficient (Wildman–Crippen LogP) is 3.49. The monoisotopic (exact) mass is 316 g/mol. The molecule has 0 saturated carbocycles. The van der Waals surface area contributed by atoms with Crippen molar-refractivity contribution in [3.63, 3.8) is 0 Å². The van der Waals surface area contributed by atoms with Gasteiger partial charge in [0.05, 0.1) is 21.3 Å². The molecule has 0 aliphatic heterocycles. The molecule has 0 unspecified atom stereocenters. The first-order chi connectivity index (χ1) is 11.1. The van der Waals surface area contributed by atoms with Crippen molar-refractivity contribution in [2.75, 3.05) is 21.3 Å². The first-order valence-corrected chi connectivity index (χ1v) is 7.11. The molecule has 23 heavy (non-hydrogen) atoms. The summed E-state index contributed by atoms with van der Waals surface area (Å²) in [5.74, 6) is 2.40. The maximum absolute atomic E-state index is 11.4. The van der Waals surface area contributed by atoms with Gasteiger partial charge < -0.3 is 18.9 Å². The molecule has 0 aliphatic rings. The standard InChI is InChI=1S/C18H20O5/c1-12(19)14-6-8-16(18(10-14)22-4)23-11-13-5-7-15(20-2)17(9-13)21-3/h5-10H,11H2,1-4H3. The first kappa shape index (κ1) is 16.7. The highest BCUT2D eigenvalue weighted by molar-refractivity contribution is 5.94. The van der Waals surface area contributed by atoms with Crippen molar-refractivity contribution < 1.29 is 23.7 Å². The number of ketones is 1. The molecule has 0 amide bonds. The Morgan fingerprint density at radius 2 is 1.43 bits per heavy atom. The van der Waals surface area contributed by atoms with Gasteiger partial charge in [-0.2, -0.15) is 0 Å². The maximum Gasteiger partial charge on any atom is 0.161 e. The van der Waals surface area contributed by atoms with E-state index in [9.17, 15) is 4.79 Å². The molecule has 0 atom stereocenters. The lowest BCUT2D eigenvalue weighted by atomic mass is 10.1. The zero-order chi connectivity index (χ0) is 16.8. The summed E-state index contributed by atoms with van der Waals surface area (Å²) < 4.78 is 21.6. The summed E-state index contributed by atoms with van der Waals surface area (Å²) in [5.41, 5.74) is 1.51. The third kappa shape index (κ3) is 3.94. The third-order valence-corrected chi connectivity index (χ3v) is 3.41. The van der Waals surface area contributed by atoms with E-state index in [1.165, 1.54) is 6.92 Å². The normalized spacial score (nSPS) is 10.1. The van der Waals surface area contributed by atoms with E-state index in [2.05, 4.69) is 0 Å². The fourth-order valence-corrected chi connectivity index (χ4v) is 2.14. The third-order valence-electron chi connectivity index (χ3n) is 3.41. The van der Waals surface area contributed by atoms with Crippen LogP contribution in [0.15, 0.2) is 36.4 Å². The Kier molecular flexibility index (Phi) is 5.46. The lowest BCUT2D eigenvalue weighted by molar-refractivity contribution is 0.101. The van der Waals surface area contributed by atoms with Gasteiger partial charge >= 0.3 is 0 Å². The molecule has 0 aliphatic carbocycles. The molecule has 0 bridgehead atoms. The summed E-state index contributed by atoms with van der Waals surface area (Å²) in [5, 5.41) is 0. The van der Waals surface area contributed by atoms with E-state index < -0.39 is 0 Å². The van der Waals surface area contributed by atoms with E-state index in [0.29, 0.717) is 35.2 Å². The van der Waals surface area contributed by atoms with E-state index in [1.807, 2.05) is 18.2 Å². The average Bonchev–Trinajstić information content (AvgIpc) is 2.59. The number of hydrogen-bond donors (Lipinski definition) is 0. The van der Waals surface area contributed by atoms with Gasteiger partial charge in [-0.1, -0.05) is 6.07 Å². The number of rotatable bonds is 7. The minimum Gasteiger partial charge on any atom is -0.493 e. The Bertz CT molecular complexity index is 694. The smallest absolute Gasteiger partial charge is 0.161 e. The highest BCUT2D eigenvalue weighted by atomic mass is 16.5. The highest BCUT2D eigenvalue weighted by Crippen LogP contribution is 2.31. The van der Waals surface area contributed by atoms with Crippen molar-refractivity contribution in [2.24, 2.45) is 0 Å². The number of Topliss-reactive ketones (excluding diaryl/α,β-unsaturated/α-hetero) is 1. The zero-order valence-electron chi connectivity index (χ0n) is 13.7. The molecule has 5 nitrogen and oxygen atoms in total. The molecule has 2 rings (SSSR count). The van der Waals surface area contributed by atoms with Crippen molar-refractivity contribution >= 4 is 5.78 Å². The number of ether oxygens (including phenoxy) is 4. The lowest BCUT2D eigenvalue weighted by Gasteiger charge is -2.13. The van der Waals surface area contributed by atoms with Gasteiger partial charge in [0.1, 0.15) is 6.61 Å². The van der Waals surface area contributed by atoms with Crippen LogP contribution in [0.2, 0.25) is 0 Å². The van der Waals surface area contributed by atoms with Crippen LogP contribution in [0.25, 0.3) is 0 Å². The molecule has 0 heterocycles. The van der Waals surface area contributed by atoms with E-state index in [-0.39, 0.29) is 5.78 Å². The molecule has 122 valence electrons. The Balaban J connectivity index is 2.16. The average molecular weight is 316 g/mol. The Hall–Kier alpha value is -2.69. The quantitative estimate of drug-likeness (QED) is 0.732. The second kappa shape index (κ2) is 7.54. The van der Waals surface area contributed by atoms with Gasteiger partial charge in [0.2, 0.25) is 0 Å². The van der Waals surface area contributed by atoms with Crippen LogP contribution in [0.1, 0.15) is 22.8 Å². The molecule has 0 saturated heterocycles. The lowest BCUT2D eigenvalue weighted by Crippen LogP contribution is -2.00. The summed E-state index contributed by atoms with van der Waals surface area (Å²) in [7, 11) is 4.73. The van der Waals surface area contributed by atoms with Crippen molar-refractivity contribution in [2.45, 2.75) is 13.5 Å². The Morgan fingerprint density at radius 1 is 0.826 bits per heavy atom. The number of carbonyl (C=O) groups excluding carboxylic acids is 1. The second-order valence-corrected chi connectivity index (χ2v) is 4.90. The molecule has 0 radical (unpaired) electrons. The summed E-state index contributed by atoms with van der Waals surface area (Å²) in [6.07, 6.45) is 0. The van der Waals surface area contributed by atoms with E-state index in [4.69, 9.17) is 18.9 Å². The summed E-state index contributed by atoms with van der Waals surface area (Å²) in [6.45, 7) is 1.86. The Morgan fingerprint density at radius 3 is 2.04 bits per heavy atom. The van der Waals surface area contributed by atoms with Gasteiger partial charge in [0, 0.05) is 5.56 Å². The van der Waals surface area contributed by atoms with Gasteiger partial charge in [-0.05, 0) is 42.8 Å². The first-order valence-electron chi connectivity index (χ1n) is 7.11. The topological polar surface area (TPSA) is 54.0 Å². The van der Waals surface area contributed by atoms with Crippen LogP contribution in [-0.4, -0.2) is 27.1 Å². The summed E-state index contributed by atoms with van der Waals surface area (Å²) in [4.78, 5) is 11.4. The number of methoxy groups -OCH3 is 3. The molecule has 0 aromatic heterocycles. The molecular formula is C18H20O5. The molecule has 2 aromatic carbocycles. The number of hydrogen-bond acceptors (Lipinski definition) is 5. The van der Waals surface area contributed by atoms with Crippen LogP contribution in [-0.2, 0) is 6.61 Å². The summed E-state index contributed by atoms with van der Waals surface area (Å²) >= 11 is 0. The molecule has 5 heteroatoms. The van der Waals surface area contributed by atoms with Crippen LogP contribution >= 0.6 is 0 Å².